The van der Waals surface area contributed by atoms with Crippen LogP contribution in [0.4, 0.5) is 11.4 Å². The molecular weight excluding hydrogens is 320 g/mol. The number of rotatable bonds is 9. The third-order valence-corrected chi connectivity index (χ3v) is 4.10. The molecule has 130 valence electrons. The molecule has 0 radical (unpaired) electrons. The van der Waals surface area contributed by atoms with E-state index < -0.39 is 4.92 Å². The number of ether oxygens (including phenoxy) is 1. The highest BCUT2D eigenvalue weighted by atomic mass is 16.6. The van der Waals surface area contributed by atoms with Gasteiger partial charge in [-0.1, -0.05) is 30.3 Å². The normalized spacial score (nSPS) is 13.4. The summed E-state index contributed by atoms with van der Waals surface area (Å²) in [5.74, 6) is 0.459. The van der Waals surface area contributed by atoms with Crippen molar-refractivity contribution in [2.24, 2.45) is 5.92 Å². The van der Waals surface area contributed by atoms with Gasteiger partial charge in [0.05, 0.1) is 11.5 Å². The maximum Gasteiger partial charge on any atom is 0.293 e. The van der Waals surface area contributed by atoms with Crippen LogP contribution in [0.15, 0.2) is 48.5 Å². The first-order chi connectivity index (χ1) is 12.1. The second-order valence-electron chi connectivity index (χ2n) is 6.13. The molecule has 1 saturated carbocycles. The van der Waals surface area contributed by atoms with Crippen LogP contribution in [0.3, 0.4) is 0 Å². The Balaban J connectivity index is 1.67. The zero-order valence-corrected chi connectivity index (χ0v) is 13.8. The lowest BCUT2D eigenvalue weighted by Gasteiger charge is -2.09. The summed E-state index contributed by atoms with van der Waals surface area (Å²) in [5, 5.41) is 14.4. The fourth-order valence-corrected chi connectivity index (χ4v) is 2.52. The maximum atomic E-state index is 12.4. The Morgan fingerprint density at radius 1 is 1.16 bits per heavy atom. The fourth-order valence-electron chi connectivity index (χ4n) is 2.52. The number of ketones is 1. The Morgan fingerprint density at radius 2 is 1.92 bits per heavy atom. The summed E-state index contributed by atoms with van der Waals surface area (Å²) in [6.45, 7) is 1.74. The van der Waals surface area contributed by atoms with Gasteiger partial charge in [-0.05, 0) is 30.9 Å². The number of anilines is 1. The summed E-state index contributed by atoms with van der Waals surface area (Å²) in [6, 6.07) is 13.2. The molecule has 0 bridgehead atoms. The van der Waals surface area contributed by atoms with E-state index in [1.54, 1.807) is 36.4 Å². The van der Waals surface area contributed by atoms with Gasteiger partial charge in [0, 0.05) is 30.3 Å². The highest BCUT2D eigenvalue weighted by Crippen LogP contribution is 2.29. The maximum absolute atomic E-state index is 12.4. The first-order valence-electron chi connectivity index (χ1n) is 8.35. The monoisotopic (exact) mass is 340 g/mol. The van der Waals surface area contributed by atoms with Crippen LogP contribution in [-0.2, 0) is 4.74 Å². The molecule has 0 unspecified atom stereocenters. The van der Waals surface area contributed by atoms with Crippen molar-refractivity contribution >= 4 is 17.2 Å². The molecule has 2 aromatic carbocycles. The number of benzene rings is 2. The van der Waals surface area contributed by atoms with Crippen LogP contribution >= 0.6 is 0 Å². The van der Waals surface area contributed by atoms with Crippen LogP contribution in [0.1, 0.15) is 28.8 Å². The van der Waals surface area contributed by atoms with Gasteiger partial charge in [-0.3, -0.25) is 14.9 Å². The number of nitrogens with zero attached hydrogens (tertiary/aromatic N) is 1. The summed E-state index contributed by atoms with van der Waals surface area (Å²) >= 11 is 0. The van der Waals surface area contributed by atoms with Crippen molar-refractivity contribution in [2.45, 2.75) is 12.8 Å². The number of nitro benzene ring substituents is 1. The molecule has 0 aliphatic heterocycles. The van der Waals surface area contributed by atoms with Crippen molar-refractivity contribution in [2.75, 3.05) is 25.1 Å². The lowest BCUT2D eigenvalue weighted by molar-refractivity contribution is -0.384. The van der Waals surface area contributed by atoms with E-state index in [0.29, 0.717) is 35.9 Å². The molecule has 0 spiro atoms. The molecule has 0 heterocycles. The highest BCUT2D eigenvalue weighted by Gasteiger charge is 2.21. The van der Waals surface area contributed by atoms with Crippen LogP contribution in [0.5, 0.6) is 0 Å². The van der Waals surface area contributed by atoms with Gasteiger partial charge in [-0.15, -0.1) is 0 Å². The fraction of sp³-hybridized carbons (Fsp3) is 0.316. The van der Waals surface area contributed by atoms with E-state index in [0.717, 1.165) is 6.61 Å². The van der Waals surface area contributed by atoms with Gasteiger partial charge >= 0.3 is 0 Å². The van der Waals surface area contributed by atoms with Crippen LogP contribution in [0.25, 0.3) is 0 Å². The van der Waals surface area contributed by atoms with Crippen molar-refractivity contribution in [1.82, 2.24) is 0 Å². The zero-order valence-electron chi connectivity index (χ0n) is 13.8. The van der Waals surface area contributed by atoms with E-state index in [1.165, 1.54) is 18.9 Å². The lowest BCUT2D eigenvalue weighted by atomic mass is 10.0. The van der Waals surface area contributed by atoms with Crippen molar-refractivity contribution in [3.63, 3.8) is 0 Å². The number of carbonyl (C=O) groups excluding carboxylic acids is 1. The molecule has 0 amide bonds. The van der Waals surface area contributed by atoms with Crippen molar-refractivity contribution in [1.29, 1.82) is 0 Å². The Kier molecular flexibility index (Phi) is 5.40. The molecule has 0 saturated heterocycles. The number of carbonyl (C=O) groups is 1. The second-order valence-corrected chi connectivity index (χ2v) is 6.13. The molecule has 1 aliphatic carbocycles. The molecule has 0 atom stereocenters. The van der Waals surface area contributed by atoms with Gasteiger partial charge in [0.15, 0.2) is 5.78 Å². The summed E-state index contributed by atoms with van der Waals surface area (Å²) in [5.41, 5.74) is 1.09. The first kappa shape index (κ1) is 17.1. The van der Waals surface area contributed by atoms with E-state index in [9.17, 15) is 14.9 Å². The minimum Gasteiger partial charge on any atom is -0.379 e. The van der Waals surface area contributed by atoms with Gasteiger partial charge in [0.1, 0.15) is 5.69 Å². The highest BCUT2D eigenvalue weighted by molar-refractivity contribution is 6.09. The summed E-state index contributed by atoms with van der Waals surface area (Å²) in [4.78, 5) is 23.3. The predicted molar refractivity (Wildman–Crippen MR) is 95.0 cm³/mol. The van der Waals surface area contributed by atoms with Crippen molar-refractivity contribution in [3.05, 3.63) is 69.8 Å². The molecule has 0 aromatic heterocycles. The van der Waals surface area contributed by atoms with Gasteiger partial charge in [0.2, 0.25) is 0 Å². The Morgan fingerprint density at radius 3 is 2.60 bits per heavy atom. The summed E-state index contributed by atoms with van der Waals surface area (Å²) in [7, 11) is 0. The van der Waals surface area contributed by atoms with E-state index >= 15 is 0 Å². The third-order valence-electron chi connectivity index (χ3n) is 4.10. The molecular formula is C19H20N2O4. The molecule has 25 heavy (non-hydrogen) atoms. The van der Waals surface area contributed by atoms with Crippen LogP contribution < -0.4 is 5.32 Å². The molecule has 3 rings (SSSR count). The van der Waals surface area contributed by atoms with Crippen LogP contribution in [0, 0.1) is 16.0 Å². The Labute approximate surface area is 146 Å². The standard InChI is InChI=1S/C19H20N2O4/c22-19(15-4-2-1-3-5-15)16-8-9-17(18(12-16)21(23)24)20-10-11-25-13-14-6-7-14/h1-5,8-9,12,14,20H,6-7,10-11,13H2. The number of hydrogen-bond donors (Lipinski definition) is 1. The van der Waals surface area contributed by atoms with Gasteiger partial charge in [0.25, 0.3) is 5.69 Å². The molecule has 2 aromatic rings. The van der Waals surface area contributed by atoms with E-state index in [2.05, 4.69) is 5.32 Å². The Hall–Kier alpha value is -2.73. The van der Waals surface area contributed by atoms with Crippen LogP contribution in [-0.4, -0.2) is 30.5 Å². The van der Waals surface area contributed by atoms with Gasteiger partial charge in [-0.25, -0.2) is 0 Å². The molecule has 1 aliphatic rings. The average molecular weight is 340 g/mol. The summed E-state index contributed by atoms with van der Waals surface area (Å²) in [6.07, 6.45) is 2.46. The SMILES string of the molecule is O=C(c1ccccc1)c1ccc(NCCOCC2CC2)c([N+](=O)[O-])c1. The van der Waals surface area contributed by atoms with Crippen LogP contribution in [0.2, 0.25) is 0 Å². The number of hydrogen-bond acceptors (Lipinski definition) is 5. The quantitative estimate of drug-likeness (QED) is 0.326. The van der Waals surface area contributed by atoms with E-state index in [1.807, 2.05) is 6.07 Å². The number of nitro groups is 1. The molecule has 1 N–H and O–H groups in total. The van der Waals surface area contributed by atoms with Crippen molar-refractivity contribution in [3.8, 4) is 0 Å². The number of nitrogens with one attached hydrogen (secondary N) is 1. The largest absolute Gasteiger partial charge is 0.379 e. The predicted octanol–water partition coefficient (Wildman–Crippen LogP) is 3.66. The van der Waals surface area contributed by atoms with E-state index in [4.69, 9.17) is 4.74 Å². The van der Waals surface area contributed by atoms with Gasteiger partial charge < -0.3 is 10.1 Å². The third kappa shape index (κ3) is 4.64. The topological polar surface area (TPSA) is 81.5 Å². The summed E-state index contributed by atoms with van der Waals surface area (Å²) < 4.78 is 5.51. The second kappa shape index (κ2) is 7.90. The molecule has 1 fully saturated rings. The lowest BCUT2D eigenvalue weighted by Crippen LogP contribution is -2.12. The zero-order chi connectivity index (χ0) is 17.6. The minimum absolute atomic E-state index is 0.107. The Bertz CT molecular complexity index is 757. The average Bonchev–Trinajstić information content (AvgIpc) is 3.46. The van der Waals surface area contributed by atoms with Crippen molar-refractivity contribution < 1.29 is 14.5 Å². The van der Waals surface area contributed by atoms with Gasteiger partial charge in [-0.2, -0.15) is 0 Å². The molecule has 6 nitrogen and oxygen atoms in total. The minimum atomic E-state index is -0.477. The first-order valence-corrected chi connectivity index (χ1v) is 8.35. The molecule has 6 heteroatoms. The van der Waals surface area contributed by atoms with E-state index in [-0.39, 0.29) is 11.5 Å². The smallest absolute Gasteiger partial charge is 0.293 e.